The van der Waals surface area contributed by atoms with E-state index in [2.05, 4.69) is 56.0 Å². The van der Waals surface area contributed by atoms with E-state index in [0.29, 0.717) is 30.1 Å². The highest BCUT2D eigenvalue weighted by atomic mass is 16.5. The lowest BCUT2D eigenvalue weighted by atomic mass is 9.55. The molecule has 0 saturated heterocycles. The molecule has 2 fully saturated rings. The molecule has 2 saturated carbocycles. The summed E-state index contributed by atoms with van der Waals surface area (Å²) in [6, 6.07) is 17.1. The zero-order valence-corrected chi connectivity index (χ0v) is 18.0. The van der Waals surface area contributed by atoms with Crippen molar-refractivity contribution in [3.63, 3.8) is 0 Å². The van der Waals surface area contributed by atoms with E-state index in [4.69, 9.17) is 4.74 Å². The molecule has 2 aromatic rings. The van der Waals surface area contributed by atoms with Gasteiger partial charge in [-0.1, -0.05) is 49.4 Å². The van der Waals surface area contributed by atoms with Crippen LogP contribution >= 0.6 is 0 Å². The van der Waals surface area contributed by atoms with E-state index >= 15 is 0 Å². The minimum absolute atomic E-state index is 0.106. The average molecular weight is 401 g/mol. The quantitative estimate of drug-likeness (QED) is 0.536. The first-order valence-corrected chi connectivity index (χ1v) is 11.5. The fourth-order valence-electron chi connectivity index (χ4n) is 6.73. The third-order valence-corrected chi connectivity index (χ3v) is 8.26. The van der Waals surface area contributed by atoms with Gasteiger partial charge in [0.15, 0.2) is 0 Å². The van der Waals surface area contributed by atoms with E-state index in [9.17, 15) is 4.79 Å². The van der Waals surface area contributed by atoms with Gasteiger partial charge in [0.05, 0.1) is 0 Å². The smallest absolute Gasteiger partial charge is 0.142 e. The monoisotopic (exact) mass is 400 g/mol. The maximum absolute atomic E-state index is 13.1. The Morgan fingerprint density at radius 1 is 1.17 bits per heavy atom. The number of Topliss-reactive ketones (excluding diaryl/α,β-unsaturated/α-hetero) is 1. The van der Waals surface area contributed by atoms with E-state index in [1.54, 1.807) is 0 Å². The fraction of sp³-hybridized carbons (Fsp3) is 0.464. The lowest BCUT2D eigenvalue weighted by Crippen LogP contribution is -2.42. The summed E-state index contributed by atoms with van der Waals surface area (Å²) in [6.07, 6.45) is 8.34. The predicted octanol–water partition coefficient (Wildman–Crippen LogP) is 6.49. The summed E-state index contributed by atoms with van der Waals surface area (Å²) >= 11 is 0. The first-order chi connectivity index (χ1) is 14.6. The molecule has 0 aliphatic heterocycles. The van der Waals surface area contributed by atoms with Gasteiger partial charge in [0.25, 0.3) is 0 Å². The van der Waals surface area contributed by atoms with Gasteiger partial charge in [-0.2, -0.15) is 0 Å². The molecule has 1 unspecified atom stereocenters. The van der Waals surface area contributed by atoms with Gasteiger partial charge in [-0.25, -0.2) is 0 Å². The molecule has 0 amide bonds. The van der Waals surface area contributed by atoms with Gasteiger partial charge in [0.1, 0.15) is 18.1 Å². The SMILES string of the molecule is C=CCC1C[C@H]2[C@@H]3CCc4cc(OCc5ccccc5)ccc4[C@H]3CC[C@]2(C)C1=O. The number of benzene rings is 2. The van der Waals surface area contributed by atoms with Gasteiger partial charge < -0.3 is 4.74 Å². The number of carbonyl (C=O) groups is 1. The predicted molar refractivity (Wildman–Crippen MR) is 121 cm³/mol. The molecule has 0 spiro atoms. The molecule has 5 rings (SSSR count). The van der Waals surface area contributed by atoms with Crippen LogP contribution in [0.15, 0.2) is 61.2 Å². The van der Waals surface area contributed by atoms with Crippen LogP contribution < -0.4 is 4.74 Å². The van der Waals surface area contributed by atoms with Crippen LogP contribution in [0.1, 0.15) is 61.6 Å². The Morgan fingerprint density at radius 2 is 2.00 bits per heavy atom. The zero-order valence-electron chi connectivity index (χ0n) is 18.0. The largest absolute Gasteiger partial charge is 0.489 e. The van der Waals surface area contributed by atoms with Crippen molar-refractivity contribution in [2.75, 3.05) is 0 Å². The Balaban J connectivity index is 1.34. The Kier molecular flexibility index (Phi) is 5.05. The minimum atomic E-state index is -0.106. The van der Waals surface area contributed by atoms with Crippen molar-refractivity contribution >= 4 is 5.78 Å². The Hall–Kier alpha value is -2.35. The third-order valence-electron chi connectivity index (χ3n) is 8.26. The van der Waals surface area contributed by atoms with Gasteiger partial charge in [-0.15, -0.1) is 6.58 Å². The molecule has 5 atom stereocenters. The lowest BCUT2D eigenvalue weighted by molar-refractivity contribution is -0.131. The van der Waals surface area contributed by atoms with Crippen molar-refractivity contribution in [1.29, 1.82) is 0 Å². The van der Waals surface area contributed by atoms with Gasteiger partial charge in [-0.05, 0) is 85.1 Å². The maximum atomic E-state index is 13.1. The summed E-state index contributed by atoms with van der Waals surface area (Å²) in [4.78, 5) is 13.1. The number of ether oxygens (including phenoxy) is 1. The van der Waals surface area contributed by atoms with Gasteiger partial charge in [0, 0.05) is 11.3 Å². The van der Waals surface area contributed by atoms with E-state index < -0.39 is 0 Å². The molecule has 2 nitrogen and oxygen atoms in total. The molecule has 2 aromatic carbocycles. The van der Waals surface area contributed by atoms with E-state index in [1.807, 2.05) is 12.1 Å². The molecule has 0 radical (unpaired) electrons. The second kappa shape index (κ2) is 7.72. The normalized spacial score (nSPS) is 32.1. The third kappa shape index (κ3) is 3.21. The molecule has 30 heavy (non-hydrogen) atoms. The number of aryl methyl sites for hydroxylation is 1. The summed E-state index contributed by atoms with van der Waals surface area (Å²) in [6.45, 7) is 6.76. The first kappa shape index (κ1) is 19.6. The zero-order chi connectivity index (χ0) is 20.7. The number of hydrogen-bond donors (Lipinski definition) is 0. The fourth-order valence-corrected chi connectivity index (χ4v) is 6.73. The van der Waals surface area contributed by atoms with Gasteiger partial charge in [0.2, 0.25) is 0 Å². The molecule has 0 N–H and O–H groups in total. The molecule has 0 bridgehead atoms. The first-order valence-electron chi connectivity index (χ1n) is 11.5. The van der Waals surface area contributed by atoms with Crippen molar-refractivity contribution in [2.24, 2.45) is 23.2 Å². The summed E-state index contributed by atoms with van der Waals surface area (Å²) in [5.41, 5.74) is 4.06. The molecular weight excluding hydrogens is 368 g/mol. The summed E-state index contributed by atoms with van der Waals surface area (Å²) < 4.78 is 6.08. The van der Waals surface area contributed by atoms with E-state index in [-0.39, 0.29) is 11.3 Å². The van der Waals surface area contributed by atoms with Crippen molar-refractivity contribution in [3.8, 4) is 5.75 Å². The summed E-state index contributed by atoms with van der Waals surface area (Å²) in [7, 11) is 0. The van der Waals surface area contributed by atoms with Crippen molar-refractivity contribution < 1.29 is 9.53 Å². The number of fused-ring (bicyclic) bond motifs is 5. The number of rotatable bonds is 5. The highest BCUT2D eigenvalue weighted by Gasteiger charge is 2.57. The van der Waals surface area contributed by atoms with Crippen LogP contribution in [0.25, 0.3) is 0 Å². The van der Waals surface area contributed by atoms with Crippen LogP contribution in [0.4, 0.5) is 0 Å². The van der Waals surface area contributed by atoms with Crippen molar-refractivity contribution in [1.82, 2.24) is 0 Å². The van der Waals surface area contributed by atoms with Crippen molar-refractivity contribution in [2.45, 2.75) is 58.0 Å². The number of carbonyl (C=O) groups excluding carboxylic acids is 1. The lowest BCUT2D eigenvalue weighted by Gasteiger charge is -2.48. The topological polar surface area (TPSA) is 26.3 Å². The molecule has 2 heteroatoms. The average Bonchev–Trinajstić information content (AvgIpc) is 3.03. The minimum Gasteiger partial charge on any atom is -0.489 e. The Morgan fingerprint density at radius 3 is 2.80 bits per heavy atom. The summed E-state index contributed by atoms with van der Waals surface area (Å²) in [5, 5.41) is 0. The maximum Gasteiger partial charge on any atom is 0.142 e. The Labute approximate surface area is 180 Å². The standard InChI is InChI=1S/C28H32O2/c1-3-7-21-17-26-25-12-10-20-16-22(30-18-19-8-5-4-6-9-19)11-13-23(20)24(25)14-15-28(26,2)27(21)29/h3-6,8-9,11,13,16,21,24-26H,1,7,10,12,14-15,17-18H2,2H3/t21?,24-,25-,26+,28+/m1/s1. The van der Waals surface area contributed by atoms with Crippen LogP contribution in [-0.4, -0.2) is 5.78 Å². The van der Waals surface area contributed by atoms with Gasteiger partial charge in [-0.3, -0.25) is 4.79 Å². The van der Waals surface area contributed by atoms with Crippen LogP contribution in [-0.2, 0) is 17.8 Å². The molecule has 3 aliphatic carbocycles. The highest BCUT2D eigenvalue weighted by Crippen LogP contribution is 2.61. The molecule has 156 valence electrons. The number of hydrogen-bond acceptors (Lipinski definition) is 2. The van der Waals surface area contributed by atoms with E-state index in [0.717, 1.165) is 37.9 Å². The number of allylic oxidation sites excluding steroid dienone is 1. The van der Waals surface area contributed by atoms with Gasteiger partial charge >= 0.3 is 0 Å². The second-order valence-corrected chi connectivity index (χ2v) is 9.83. The Bertz CT molecular complexity index is 946. The second-order valence-electron chi connectivity index (χ2n) is 9.83. The van der Waals surface area contributed by atoms with Crippen LogP contribution in [0.2, 0.25) is 0 Å². The number of ketones is 1. The molecule has 0 aromatic heterocycles. The molecule has 3 aliphatic rings. The van der Waals surface area contributed by atoms with Crippen LogP contribution in [0.3, 0.4) is 0 Å². The molecular formula is C28H32O2. The van der Waals surface area contributed by atoms with Crippen molar-refractivity contribution in [3.05, 3.63) is 77.9 Å². The highest BCUT2D eigenvalue weighted by molar-refractivity contribution is 5.89. The summed E-state index contributed by atoms with van der Waals surface area (Å²) in [5.74, 6) is 3.47. The van der Waals surface area contributed by atoms with Crippen LogP contribution in [0.5, 0.6) is 5.75 Å². The van der Waals surface area contributed by atoms with E-state index in [1.165, 1.54) is 23.1 Å². The molecule has 0 heterocycles. The van der Waals surface area contributed by atoms with Crippen LogP contribution in [0, 0.1) is 23.2 Å².